The maximum atomic E-state index is 13.5. The fourth-order valence-corrected chi connectivity index (χ4v) is 4.16. The highest BCUT2D eigenvalue weighted by Gasteiger charge is 2.39. The third-order valence-electron chi connectivity index (χ3n) is 4.99. The Labute approximate surface area is 188 Å². The minimum absolute atomic E-state index is 0.261. The maximum absolute atomic E-state index is 13.5. The third kappa shape index (κ3) is 4.69. The van der Waals surface area contributed by atoms with Crippen LogP contribution in [0.5, 0.6) is 0 Å². The smallest absolute Gasteiger partial charge is 0.313 e. The Hall–Kier alpha value is -3.14. The number of carbonyl (C=O) groups is 2. The predicted octanol–water partition coefficient (Wildman–Crippen LogP) is 3.81. The lowest BCUT2D eigenvalue weighted by atomic mass is 9.99. The van der Waals surface area contributed by atoms with E-state index in [1.54, 1.807) is 11.1 Å². The number of fused-ring (bicyclic) bond motifs is 1. The van der Waals surface area contributed by atoms with E-state index in [0.717, 1.165) is 6.20 Å². The summed E-state index contributed by atoms with van der Waals surface area (Å²) in [6.45, 7) is 7.86. The number of likely N-dealkylation sites (tertiary alicyclic amines) is 1. The fraction of sp³-hybridized carbons (Fsp3) is 0.409. The van der Waals surface area contributed by atoms with Crippen molar-refractivity contribution in [2.75, 3.05) is 18.4 Å². The van der Waals surface area contributed by atoms with Gasteiger partial charge in [0.2, 0.25) is 5.95 Å². The lowest BCUT2D eigenvalue weighted by molar-refractivity contribution is -0.164. The summed E-state index contributed by atoms with van der Waals surface area (Å²) in [6, 6.07) is 2.88. The van der Waals surface area contributed by atoms with Crippen LogP contribution in [0.1, 0.15) is 49.8 Å². The van der Waals surface area contributed by atoms with Crippen molar-refractivity contribution in [2.45, 2.75) is 39.3 Å². The molecule has 8 nitrogen and oxygen atoms in total. The van der Waals surface area contributed by atoms with Gasteiger partial charge in [0.1, 0.15) is 11.4 Å². The van der Waals surface area contributed by atoms with Gasteiger partial charge >= 0.3 is 5.97 Å². The number of halogens is 1. The molecule has 1 atom stereocenters. The molecule has 3 aromatic rings. The Morgan fingerprint density at radius 3 is 2.72 bits per heavy atom. The largest absolute Gasteiger partial charge is 0.460 e. The molecule has 1 aliphatic rings. The highest BCUT2D eigenvalue weighted by molar-refractivity contribution is 7.17. The molecule has 1 fully saturated rings. The second kappa shape index (κ2) is 8.42. The van der Waals surface area contributed by atoms with Crippen molar-refractivity contribution >= 4 is 39.4 Å². The first kappa shape index (κ1) is 22.1. The van der Waals surface area contributed by atoms with E-state index in [1.807, 2.05) is 39.1 Å². The van der Waals surface area contributed by atoms with Gasteiger partial charge in [-0.2, -0.15) is 0 Å². The first-order chi connectivity index (χ1) is 15.1. The monoisotopic (exact) mass is 457 g/mol. The van der Waals surface area contributed by atoms with E-state index in [2.05, 4.69) is 20.3 Å². The zero-order valence-electron chi connectivity index (χ0n) is 18.3. The van der Waals surface area contributed by atoms with Gasteiger partial charge in [-0.1, -0.05) is 0 Å². The molecule has 1 aliphatic heterocycles. The Kier molecular flexibility index (Phi) is 5.81. The van der Waals surface area contributed by atoms with Crippen LogP contribution >= 0.6 is 11.3 Å². The number of thiophene rings is 1. The van der Waals surface area contributed by atoms with Crippen molar-refractivity contribution in [3.05, 3.63) is 47.0 Å². The quantitative estimate of drug-likeness (QED) is 0.582. The predicted molar refractivity (Wildman–Crippen MR) is 119 cm³/mol. The number of rotatable bonds is 5. The molecule has 1 saturated heterocycles. The number of esters is 1. The number of carbonyl (C=O) groups excluding carboxylic acids is 2. The molecule has 0 spiro atoms. The highest BCUT2D eigenvalue weighted by atomic mass is 32.1. The minimum atomic E-state index is -0.564. The molecule has 168 valence electrons. The summed E-state index contributed by atoms with van der Waals surface area (Å²) in [4.78, 5) is 39.8. The van der Waals surface area contributed by atoms with E-state index in [9.17, 15) is 14.0 Å². The van der Waals surface area contributed by atoms with Crippen LogP contribution in [0.2, 0.25) is 0 Å². The first-order valence-corrected chi connectivity index (χ1v) is 11.1. The number of anilines is 1. The molecule has 4 heterocycles. The van der Waals surface area contributed by atoms with Gasteiger partial charge in [-0.15, -0.1) is 11.3 Å². The summed E-state index contributed by atoms with van der Waals surface area (Å²) in [5, 5.41) is 4.97. The van der Waals surface area contributed by atoms with Crippen molar-refractivity contribution in [3.63, 3.8) is 0 Å². The van der Waals surface area contributed by atoms with Crippen LogP contribution in [0.25, 0.3) is 10.2 Å². The number of aromatic nitrogens is 3. The van der Waals surface area contributed by atoms with E-state index in [-0.39, 0.29) is 35.5 Å². The minimum Gasteiger partial charge on any atom is -0.460 e. The van der Waals surface area contributed by atoms with Crippen LogP contribution in [0, 0.1) is 11.7 Å². The summed E-state index contributed by atoms with van der Waals surface area (Å²) < 4.78 is 19.6. The highest BCUT2D eigenvalue weighted by Crippen LogP contribution is 2.29. The van der Waals surface area contributed by atoms with Crippen LogP contribution in [-0.2, 0) is 9.53 Å². The summed E-state index contributed by atoms with van der Waals surface area (Å²) in [5.74, 6) is -1.07. The standard InChI is InChI=1S/C22H24FN5O3S/c1-12(13-7-15(23)9-24-8-13)25-21-26-16-5-6-32-18(16)17(27-21)19(29)28-10-14(11-28)20(30)31-22(2,3)4/h5-9,12,14H,10-11H2,1-4H3,(H,25,26,27). The van der Waals surface area contributed by atoms with Crippen LogP contribution in [0.3, 0.4) is 0 Å². The average Bonchev–Trinajstić information content (AvgIpc) is 3.13. The van der Waals surface area contributed by atoms with Gasteiger partial charge in [0, 0.05) is 19.3 Å². The number of pyridine rings is 1. The van der Waals surface area contributed by atoms with Crippen molar-refractivity contribution < 1.29 is 18.7 Å². The molecule has 0 bridgehead atoms. The van der Waals surface area contributed by atoms with Gasteiger partial charge < -0.3 is 15.0 Å². The second-order valence-corrected chi connectivity index (χ2v) is 9.69. The SMILES string of the molecule is CC(Nc1nc(C(=O)N2CC(C(=O)OC(C)(C)C)C2)c2sccc2n1)c1cncc(F)c1. The number of hydrogen-bond acceptors (Lipinski definition) is 8. The Bertz CT molecular complexity index is 1170. The molecular weight excluding hydrogens is 433 g/mol. The van der Waals surface area contributed by atoms with E-state index in [0.29, 0.717) is 28.9 Å². The number of amides is 1. The number of hydrogen-bond donors (Lipinski definition) is 1. The summed E-state index contributed by atoms with van der Waals surface area (Å²) >= 11 is 1.38. The molecule has 10 heteroatoms. The topological polar surface area (TPSA) is 97.3 Å². The van der Waals surface area contributed by atoms with Gasteiger partial charge in [-0.3, -0.25) is 14.6 Å². The summed E-state index contributed by atoms with van der Waals surface area (Å²) in [7, 11) is 0. The summed E-state index contributed by atoms with van der Waals surface area (Å²) in [6.07, 6.45) is 2.70. The molecule has 0 radical (unpaired) electrons. The number of ether oxygens (including phenoxy) is 1. The third-order valence-corrected chi connectivity index (χ3v) is 5.90. The average molecular weight is 458 g/mol. The molecule has 0 aliphatic carbocycles. The molecule has 32 heavy (non-hydrogen) atoms. The number of nitrogens with zero attached hydrogens (tertiary/aromatic N) is 4. The van der Waals surface area contributed by atoms with Crippen molar-refractivity contribution in [2.24, 2.45) is 5.92 Å². The van der Waals surface area contributed by atoms with Crippen LogP contribution in [0.15, 0.2) is 29.9 Å². The lowest BCUT2D eigenvalue weighted by Gasteiger charge is -2.38. The van der Waals surface area contributed by atoms with Gasteiger partial charge in [0.05, 0.1) is 28.4 Å². The van der Waals surface area contributed by atoms with E-state index < -0.39 is 11.4 Å². The molecular formula is C22H24FN5O3S. The normalized spacial score (nSPS) is 15.3. The molecule has 1 unspecified atom stereocenters. The van der Waals surface area contributed by atoms with Gasteiger partial charge in [0.15, 0.2) is 5.69 Å². The lowest BCUT2D eigenvalue weighted by Crippen LogP contribution is -2.54. The van der Waals surface area contributed by atoms with Crippen molar-refractivity contribution in [1.29, 1.82) is 0 Å². The Balaban J connectivity index is 1.51. The Morgan fingerprint density at radius 1 is 1.28 bits per heavy atom. The second-order valence-electron chi connectivity index (χ2n) is 8.77. The molecule has 1 N–H and O–H groups in total. The Morgan fingerprint density at radius 2 is 2.03 bits per heavy atom. The van der Waals surface area contributed by atoms with E-state index >= 15 is 0 Å². The van der Waals surface area contributed by atoms with Crippen molar-refractivity contribution in [3.8, 4) is 0 Å². The number of nitrogens with one attached hydrogen (secondary N) is 1. The molecule has 3 aromatic heterocycles. The summed E-state index contributed by atoms with van der Waals surface area (Å²) in [5.41, 5.74) is 0.991. The first-order valence-electron chi connectivity index (χ1n) is 10.2. The van der Waals surface area contributed by atoms with Crippen LogP contribution < -0.4 is 5.32 Å². The fourth-order valence-electron chi connectivity index (χ4n) is 3.34. The van der Waals surface area contributed by atoms with Crippen LogP contribution in [-0.4, -0.2) is 50.4 Å². The van der Waals surface area contributed by atoms with E-state index in [1.165, 1.54) is 17.4 Å². The van der Waals surface area contributed by atoms with Crippen molar-refractivity contribution in [1.82, 2.24) is 19.9 Å². The van der Waals surface area contributed by atoms with Gasteiger partial charge in [-0.25, -0.2) is 14.4 Å². The van der Waals surface area contributed by atoms with Gasteiger partial charge in [-0.05, 0) is 50.8 Å². The zero-order chi connectivity index (χ0) is 23.0. The van der Waals surface area contributed by atoms with E-state index in [4.69, 9.17) is 4.74 Å². The maximum Gasteiger partial charge on any atom is 0.313 e. The van der Waals surface area contributed by atoms with Gasteiger partial charge in [0.25, 0.3) is 5.91 Å². The van der Waals surface area contributed by atoms with Crippen LogP contribution in [0.4, 0.5) is 10.3 Å². The molecule has 0 aromatic carbocycles. The molecule has 4 rings (SSSR count). The molecule has 0 saturated carbocycles. The molecule has 1 amide bonds. The zero-order valence-corrected chi connectivity index (χ0v) is 19.1.